The monoisotopic (exact) mass is 271 g/mol. The summed E-state index contributed by atoms with van der Waals surface area (Å²) in [5.41, 5.74) is 0. The fourth-order valence-electron chi connectivity index (χ4n) is 3.03. The molecule has 1 saturated carbocycles. The van der Waals surface area contributed by atoms with Crippen molar-refractivity contribution >= 4 is 12.6 Å². The zero-order chi connectivity index (χ0) is 13.3. The summed E-state index contributed by atoms with van der Waals surface area (Å²) < 4.78 is 0. The van der Waals surface area contributed by atoms with Crippen molar-refractivity contribution in [2.75, 3.05) is 34.7 Å². The van der Waals surface area contributed by atoms with Gasteiger partial charge in [-0.3, -0.25) is 4.90 Å². The van der Waals surface area contributed by atoms with Gasteiger partial charge in [-0.2, -0.15) is 12.6 Å². The van der Waals surface area contributed by atoms with E-state index >= 15 is 0 Å². The highest BCUT2D eigenvalue weighted by Crippen LogP contribution is 2.31. The molecule has 1 saturated heterocycles. The topological polar surface area (TPSA) is 9.72 Å². The molecule has 0 spiro atoms. The third-order valence-corrected chi connectivity index (χ3v) is 5.36. The van der Waals surface area contributed by atoms with Gasteiger partial charge in [-0.1, -0.05) is 0 Å². The van der Waals surface area contributed by atoms with E-state index in [-0.39, 0.29) is 0 Å². The third kappa shape index (κ3) is 3.62. The Hall–Kier alpha value is 0.230. The minimum absolute atomic E-state index is 0.422. The second kappa shape index (κ2) is 6.12. The molecule has 0 N–H and O–H groups in total. The van der Waals surface area contributed by atoms with Gasteiger partial charge >= 0.3 is 0 Å². The molecule has 18 heavy (non-hydrogen) atoms. The van der Waals surface area contributed by atoms with Crippen LogP contribution in [0.3, 0.4) is 0 Å². The Morgan fingerprint density at radius 1 is 1.17 bits per heavy atom. The van der Waals surface area contributed by atoms with Crippen LogP contribution in [0.5, 0.6) is 0 Å². The summed E-state index contributed by atoms with van der Waals surface area (Å²) in [6.45, 7) is 1.22. The van der Waals surface area contributed by atoms with E-state index in [2.05, 4.69) is 42.9 Å². The first-order valence-electron chi connectivity index (χ1n) is 7.25. The van der Waals surface area contributed by atoms with Gasteiger partial charge in [-0.05, 0) is 66.8 Å². The van der Waals surface area contributed by atoms with Crippen molar-refractivity contribution in [2.24, 2.45) is 0 Å². The summed E-state index contributed by atoms with van der Waals surface area (Å²) >= 11 is 4.82. The molecule has 4 heteroatoms. The lowest BCUT2D eigenvalue weighted by Crippen LogP contribution is -2.48. The van der Waals surface area contributed by atoms with E-state index in [1.165, 1.54) is 38.6 Å². The molecule has 2 fully saturated rings. The molecule has 0 radical (unpaired) electrons. The number of piperidine rings is 1. The van der Waals surface area contributed by atoms with Gasteiger partial charge in [-0.15, -0.1) is 0 Å². The van der Waals surface area contributed by atoms with Gasteiger partial charge in [0.1, 0.15) is 0 Å². The van der Waals surface area contributed by atoms with Crippen molar-refractivity contribution in [3.05, 3.63) is 0 Å². The number of hydrogen-bond donors (Lipinski definition) is 1. The van der Waals surface area contributed by atoms with Gasteiger partial charge in [0.05, 0.1) is 5.37 Å². The van der Waals surface area contributed by atoms with E-state index in [1.54, 1.807) is 0 Å². The van der Waals surface area contributed by atoms with Gasteiger partial charge < -0.3 is 9.80 Å². The van der Waals surface area contributed by atoms with Crippen LogP contribution in [0, 0.1) is 0 Å². The van der Waals surface area contributed by atoms with Gasteiger partial charge in [-0.25, -0.2) is 0 Å². The average molecular weight is 271 g/mol. The largest absolute Gasteiger partial charge is 0.306 e. The maximum Gasteiger partial charge on any atom is 0.0542 e. The number of likely N-dealkylation sites (tertiary alicyclic amines) is 1. The highest BCUT2D eigenvalue weighted by atomic mass is 32.1. The molecule has 1 aliphatic carbocycles. The Morgan fingerprint density at radius 2 is 1.83 bits per heavy atom. The normalized spacial score (nSPS) is 32.2. The summed E-state index contributed by atoms with van der Waals surface area (Å²) in [7, 11) is 8.93. The lowest BCUT2D eigenvalue weighted by atomic mass is 9.94. The van der Waals surface area contributed by atoms with Crippen LogP contribution in [0.25, 0.3) is 0 Å². The second-order valence-electron chi connectivity index (χ2n) is 6.39. The molecular formula is C14H29N3S. The lowest BCUT2D eigenvalue weighted by molar-refractivity contribution is 0.0940. The van der Waals surface area contributed by atoms with Crippen molar-refractivity contribution in [3.8, 4) is 0 Å². The maximum atomic E-state index is 4.82. The summed E-state index contributed by atoms with van der Waals surface area (Å²) in [6, 6.07) is 2.25. The van der Waals surface area contributed by atoms with E-state index in [0.717, 1.165) is 12.1 Å². The maximum absolute atomic E-state index is 4.82. The van der Waals surface area contributed by atoms with Crippen LogP contribution in [-0.2, 0) is 0 Å². The van der Waals surface area contributed by atoms with E-state index in [9.17, 15) is 0 Å². The van der Waals surface area contributed by atoms with Crippen molar-refractivity contribution in [3.63, 3.8) is 0 Å². The third-order valence-electron chi connectivity index (χ3n) is 4.79. The molecule has 0 aromatic carbocycles. The van der Waals surface area contributed by atoms with Crippen molar-refractivity contribution in [1.82, 2.24) is 14.7 Å². The zero-order valence-electron chi connectivity index (χ0n) is 12.3. The van der Waals surface area contributed by atoms with Crippen molar-refractivity contribution in [1.29, 1.82) is 0 Å². The Morgan fingerprint density at radius 3 is 2.39 bits per heavy atom. The fraction of sp³-hybridized carbons (Fsp3) is 1.00. The molecule has 0 amide bonds. The van der Waals surface area contributed by atoms with E-state index in [4.69, 9.17) is 12.6 Å². The average Bonchev–Trinajstić information content (AvgIpc) is 3.14. The highest BCUT2D eigenvalue weighted by Gasteiger charge is 2.33. The predicted octanol–water partition coefficient (Wildman–Crippen LogP) is 1.75. The number of hydrogen-bond acceptors (Lipinski definition) is 4. The van der Waals surface area contributed by atoms with E-state index in [1.807, 2.05) is 0 Å². The van der Waals surface area contributed by atoms with Crippen LogP contribution < -0.4 is 0 Å². The number of nitrogens with zero attached hydrogens (tertiary/aromatic N) is 3. The van der Waals surface area contributed by atoms with Crippen molar-refractivity contribution in [2.45, 2.75) is 55.6 Å². The van der Waals surface area contributed by atoms with E-state index in [0.29, 0.717) is 11.4 Å². The summed E-state index contributed by atoms with van der Waals surface area (Å²) in [5, 5.41) is 0.422. The minimum atomic E-state index is 0.422. The van der Waals surface area contributed by atoms with Gasteiger partial charge in [0.25, 0.3) is 0 Å². The first-order chi connectivity index (χ1) is 8.49. The van der Waals surface area contributed by atoms with Crippen LogP contribution in [0.2, 0.25) is 0 Å². The molecule has 3 unspecified atom stereocenters. The summed E-state index contributed by atoms with van der Waals surface area (Å²) in [4.78, 5) is 7.39. The fourth-order valence-corrected chi connectivity index (χ4v) is 3.46. The van der Waals surface area contributed by atoms with Gasteiger partial charge in [0.2, 0.25) is 0 Å². The van der Waals surface area contributed by atoms with E-state index < -0.39 is 0 Å². The summed E-state index contributed by atoms with van der Waals surface area (Å²) in [5.74, 6) is 0. The molecule has 1 heterocycles. The van der Waals surface area contributed by atoms with Crippen LogP contribution in [0.4, 0.5) is 0 Å². The summed E-state index contributed by atoms with van der Waals surface area (Å²) in [6.07, 6.45) is 6.52. The SMILES string of the molecule is CN(C)C1CCN(C)C(CC(S)N(C)C2CC2)C1. The number of rotatable bonds is 5. The molecule has 2 rings (SSSR count). The molecule has 2 aliphatic rings. The molecule has 106 valence electrons. The Labute approximate surface area is 118 Å². The first-order valence-corrected chi connectivity index (χ1v) is 7.77. The van der Waals surface area contributed by atoms with Crippen LogP contribution in [-0.4, -0.2) is 72.9 Å². The van der Waals surface area contributed by atoms with Crippen molar-refractivity contribution < 1.29 is 0 Å². The molecule has 3 atom stereocenters. The molecule has 1 aliphatic heterocycles. The Bertz CT molecular complexity index is 268. The quantitative estimate of drug-likeness (QED) is 0.603. The Balaban J connectivity index is 1.85. The van der Waals surface area contributed by atoms with Crippen LogP contribution in [0.15, 0.2) is 0 Å². The molecule has 0 bridgehead atoms. The number of thiol groups is 1. The highest BCUT2D eigenvalue weighted by molar-refractivity contribution is 7.80. The second-order valence-corrected chi connectivity index (χ2v) is 6.99. The zero-order valence-corrected chi connectivity index (χ0v) is 13.2. The smallest absolute Gasteiger partial charge is 0.0542 e. The van der Waals surface area contributed by atoms with Gasteiger partial charge in [0.15, 0.2) is 0 Å². The van der Waals surface area contributed by atoms with Crippen LogP contribution >= 0.6 is 12.6 Å². The lowest BCUT2D eigenvalue weighted by Gasteiger charge is -2.41. The molecule has 3 nitrogen and oxygen atoms in total. The predicted molar refractivity (Wildman–Crippen MR) is 81.3 cm³/mol. The van der Waals surface area contributed by atoms with Crippen LogP contribution in [0.1, 0.15) is 32.1 Å². The minimum Gasteiger partial charge on any atom is -0.306 e. The molecular weight excluding hydrogens is 242 g/mol. The first kappa shape index (κ1) is 14.6. The molecule has 0 aromatic heterocycles. The molecule has 0 aromatic rings. The standard InChI is InChI=1S/C14H29N3S/c1-15(2)12-7-8-16(3)13(9-12)10-14(18)17(4)11-5-6-11/h11-14,18H,5-10H2,1-4H3. The van der Waals surface area contributed by atoms with Gasteiger partial charge in [0, 0.05) is 18.1 Å². The Kier molecular flexibility index (Phi) is 4.98.